The highest BCUT2D eigenvalue weighted by Gasteiger charge is 2.78. The van der Waals surface area contributed by atoms with Gasteiger partial charge in [-0.3, -0.25) is 14.4 Å². The van der Waals surface area contributed by atoms with Gasteiger partial charge in [-0.05, 0) is 68.4 Å². The second kappa shape index (κ2) is 12.6. The molecule has 8 nitrogen and oxygen atoms in total. The number of carbonyl (C=O) groups excluding carboxylic acids is 3. The van der Waals surface area contributed by atoms with Crippen LogP contribution in [0, 0.1) is 11.8 Å². The molecule has 8 heteroatoms. The highest BCUT2D eigenvalue weighted by Crippen LogP contribution is 2.63. The maximum absolute atomic E-state index is 14.8. The standard InChI is InChI=1S/C35H45N3O5/c1-5-19-36(20-6-2)31(40)28-29-32(41)38(22-11-8-12-23-39)30(35(29)18-17-34(28,4)43-35)33(42)37(21-7-3)27-16-15-25-13-9-10-14-26(25)24-27/h5,7,9-10,13-16,24,28-30,39H,1,3,6,8,11-12,17-23H2,2,4H3/t28-,29-,30?,34+,35?/m0/s1. The Morgan fingerprint density at radius 2 is 1.79 bits per heavy atom. The van der Waals surface area contributed by atoms with Gasteiger partial charge in [0.25, 0.3) is 5.91 Å². The van der Waals surface area contributed by atoms with Gasteiger partial charge in [0.1, 0.15) is 11.6 Å². The molecule has 43 heavy (non-hydrogen) atoms. The molecule has 230 valence electrons. The highest BCUT2D eigenvalue weighted by molar-refractivity contribution is 6.06. The predicted octanol–water partition coefficient (Wildman–Crippen LogP) is 4.71. The monoisotopic (exact) mass is 587 g/mol. The molecule has 5 rings (SSSR count). The maximum atomic E-state index is 14.8. The van der Waals surface area contributed by atoms with Crippen LogP contribution in [0.4, 0.5) is 5.69 Å². The van der Waals surface area contributed by atoms with E-state index < -0.39 is 29.1 Å². The number of aliphatic hydroxyl groups is 1. The smallest absolute Gasteiger partial charge is 0.253 e. The van der Waals surface area contributed by atoms with Crippen molar-refractivity contribution >= 4 is 34.2 Å². The maximum Gasteiger partial charge on any atom is 0.253 e. The number of amides is 3. The van der Waals surface area contributed by atoms with Crippen molar-refractivity contribution in [3.8, 4) is 0 Å². The zero-order valence-corrected chi connectivity index (χ0v) is 25.5. The summed E-state index contributed by atoms with van der Waals surface area (Å²) in [4.78, 5) is 48.6. The van der Waals surface area contributed by atoms with Crippen LogP contribution in [0.5, 0.6) is 0 Å². The average molecular weight is 588 g/mol. The summed E-state index contributed by atoms with van der Waals surface area (Å²) in [6.07, 6.45) is 7.32. The number of benzene rings is 2. The zero-order valence-electron chi connectivity index (χ0n) is 25.5. The number of rotatable bonds is 14. The fraction of sp³-hybridized carbons (Fsp3) is 0.514. The number of unbranched alkanes of at least 4 members (excludes halogenated alkanes) is 2. The minimum atomic E-state index is -1.09. The molecule has 5 atom stereocenters. The van der Waals surface area contributed by atoms with E-state index in [0.717, 1.165) is 29.3 Å². The first-order chi connectivity index (χ1) is 20.8. The third kappa shape index (κ3) is 5.29. The van der Waals surface area contributed by atoms with Crippen LogP contribution in [0.1, 0.15) is 52.4 Å². The van der Waals surface area contributed by atoms with Crippen molar-refractivity contribution in [1.82, 2.24) is 9.80 Å². The Morgan fingerprint density at radius 1 is 1.05 bits per heavy atom. The summed E-state index contributed by atoms with van der Waals surface area (Å²) in [5.41, 5.74) is -1.21. The molecule has 0 aliphatic carbocycles. The average Bonchev–Trinajstić information content (AvgIpc) is 3.57. The molecule has 1 N–H and O–H groups in total. The van der Waals surface area contributed by atoms with Crippen LogP contribution in [0.25, 0.3) is 10.8 Å². The lowest BCUT2D eigenvalue weighted by molar-refractivity contribution is -0.149. The number of likely N-dealkylation sites (tertiary alicyclic amines) is 1. The summed E-state index contributed by atoms with van der Waals surface area (Å²) in [6, 6.07) is 13.0. The van der Waals surface area contributed by atoms with E-state index in [1.54, 1.807) is 26.9 Å². The van der Waals surface area contributed by atoms with Gasteiger partial charge in [-0.2, -0.15) is 0 Å². The van der Waals surface area contributed by atoms with Crippen LogP contribution in [0.3, 0.4) is 0 Å². The number of carbonyl (C=O) groups is 3. The number of hydrogen-bond acceptors (Lipinski definition) is 5. The molecule has 3 aliphatic heterocycles. The van der Waals surface area contributed by atoms with Gasteiger partial charge in [0.05, 0.1) is 17.4 Å². The van der Waals surface area contributed by atoms with Gasteiger partial charge in [0.2, 0.25) is 11.8 Å². The Balaban J connectivity index is 1.56. The summed E-state index contributed by atoms with van der Waals surface area (Å²) >= 11 is 0. The Labute approximate surface area is 255 Å². The van der Waals surface area contributed by atoms with Crippen LogP contribution in [-0.2, 0) is 19.1 Å². The first-order valence-electron chi connectivity index (χ1n) is 15.7. The largest absolute Gasteiger partial charge is 0.396 e. The van der Waals surface area contributed by atoms with Crippen LogP contribution in [0.2, 0.25) is 0 Å². The molecule has 2 aromatic rings. The van der Waals surface area contributed by atoms with Crippen LogP contribution in [0.15, 0.2) is 67.8 Å². The molecule has 0 aromatic heterocycles. The lowest BCUT2D eigenvalue weighted by atomic mass is 9.66. The Bertz CT molecular complexity index is 1390. The molecule has 3 aliphatic rings. The van der Waals surface area contributed by atoms with E-state index in [0.29, 0.717) is 45.3 Å². The number of aliphatic hydroxyl groups excluding tert-OH is 1. The topological polar surface area (TPSA) is 90.4 Å². The molecule has 2 bridgehead atoms. The van der Waals surface area contributed by atoms with E-state index in [4.69, 9.17) is 4.74 Å². The SMILES string of the molecule is C=CCN(CCC)C(=O)[C@@H]1[C@H]2C(=O)N(CCCCCO)C(C(=O)N(CC=C)c3ccc4ccccc4c3)C23CC[C@@]1(C)O3. The van der Waals surface area contributed by atoms with Crippen molar-refractivity contribution in [1.29, 1.82) is 0 Å². The third-order valence-electron chi connectivity index (χ3n) is 9.61. The molecule has 3 heterocycles. The van der Waals surface area contributed by atoms with Crippen molar-refractivity contribution in [2.45, 2.75) is 69.6 Å². The zero-order chi connectivity index (χ0) is 30.8. The molecule has 3 saturated heterocycles. The second-order valence-electron chi connectivity index (χ2n) is 12.4. The lowest BCUT2D eigenvalue weighted by Crippen LogP contribution is -2.56. The van der Waals surface area contributed by atoms with Gasteiger partial charge >= 0.3 is 0 Å². The molecular formula is C35H45N3O5. The lowest BCUT2D eigenvalue weighted by Gasteiger charge is -2.37. The van der Waals surface area contributed by atoms with Crippen LogP contribution >= 0.6 is 0 Å². The van der Waals surface area contributed by atoms with E-state index in [1.807, 2.05) is 56.3 Å². The Hall–Kier alpha value is -3.49. The van der Waals surface area contributed by atoms with Crippen LogP contribution < -0.4 is 4.90 Å². The fourth-order valence-electron chi connectivity index (χ4n) is 7.75. The summed E-state index contributed by atoms with van der Waals surface area (Å²) in [5, 5.41) is 11.4. The van der Waals surface area contributed by atoms with E-state index in [2.05, 4.69) is 13.2 Å². The van der Waals surface area contributed by atoms with Gasteiger partial charge in [-0.15, -0.1) is 13.2 Å². The molecule has 3 fully saturated rings. The predicted molar refractivity (Wildman–Crippen MR) is 168 cm³/mol. The van der Waals surface area contributed by atoms with Crippen molar-refractivity contribution in [3.63, 3.8) is 0 Å². The fourth-order valence-corrected chi connectivity index (χ4v) is 7.75. The molecule has 0 saturated carbocycles. The van der Waals surface area contributed by atoms with E-state index in [1.165, 1.54) is 0 Å². The van der Waals surface area contributed by atoms with Gasteiger partial charge in [0, 0.05) is 38.5 Å². The first kappa shape index (κ1) is 31.0. The minimum Gasteiger partial charge on any atom is -0.396 e. The summed E-state index contributed by atoms with van der Waals surface area (Å²) in [5.74, 6) is -1.92. The summed E-state index contributed by atoms with van der Waals surface area (Å²) in [7, 11) is 0. The summed E-state index contributed by atoms with van der Waals surface area (Å²) in [6.45, 7) is 13.4. The molecule has 3 amide bonds. The van der Waals surface area contributed by atoms with Crippen molar-refractivity contribution in [2.75, 3.05) is 37.7 Å². The molecular weight excluding hydrogens is 542 g/mol. The van der Waals surface area contributed by atoms with Gasteiger partial charge in [-0.25, -0.2) is 0 Å². The summed E-state index contributed by atoms with van der Waals surface area (Å²) < 4.78 is 6.86. The van der Waals surface area contributed by atoms with Crippen molar-refractivity contribution in [3.05, 3.63) is 67.8 Å². The molecule has 1 spiro atoms. The molecule has 0 radical (unpaired) electrons. The van der Waals surface area contributed by atoms with Crippen molar-refractivity contribution in [2.24, 2.45) is 11.8 Å². The highest BCUT2D eigenvalue weighted by atomic mass is 16.5. The number of ether oxygens (including phenoxy) is 1. The quantitative estimate of drug-likeness (QED) is 0.255. The number of fused-ring (bicyclic) bond motifs is 2. The second-order valence-corrected chi connectivity index (χ2v) is 12.4. The van der Waals surface area contributed by atoms with Gasteiger partial charge < -0.3 is 24.5 Å². The van der Waals surface area contributed by atoms with Crippen LogP contribution in [-0.4, -0.2) is 82.7 Å². The third-order valence-corrected chi connectivity index (χ3v) is 9.61. The molecule has 2 unspecified atom stereocenters. The van der Waals surface area contributed by atoms with Crippen molar-refractivity contribution < 1.29 is 24.2 Å². The van der Waals surface area contributed by atoms with E-state index in [-0.39, 0.29) is 30.9 Å². The molecule has 2 aromatic carbocycles. The van der Waals surface area contributed by atoms with E-state index in [9.17, 15) is 19.5 Å². The van der Waals surface area contributed by atoms with Gasteiger partial charge in [-0.1, -0.05) is 49.4 Å². The normalized spacial score (nSPS) is 27.4. The number of nitrogens with zero attached hydrogens (tertiary/aromatic N) is 3. The minimum absolute atomic E-state index is 0.0759. The number of hydrogen-bond donors (Lipinski definition) is 1. The van der Waals surface area contributed by atoms with E-state index >= 15 is 0 Å². The Kier molecular flexibility index (Phi) is 9.09. The Morgan fingerprint density at radius 3 is 2.49 bits per heavy atom. The van der Waals surface area contributed by atoms with Gasteiger partial charge in [0.15, 0.2) is 0 Å². The number of anilines is 1. The first-order valence-corrected chi connectivity index (χ1v) is 15.7.